The Morgan fingerprint density at radius 1 is 1.02 bits per heavy atom. The number of hydrogen-bond donors (Lipinski definition) is 2. The van der Waals surface area contributed by atoms with E-state index in [1.165, 1.54) is 17.1 Å². The standard InChI is InChI=1S/C30H28ClN7O3/c31-23-10-15-27(38-20-32-35-36-38)22(19-23)9-16-28(39)34-26(18-21-6-2-1-3-7-21)30(41)33-24-11-13-25(14-12-24)37-17-5-4-8-29(37)40/h1-3,6-7,9-16,19-20,26H,4-5,8,17-18H2,(H,33,41)(H,34,39)/t26-/m0/s1. The molecule has 0 saturated carbocycles. The Morgan fingerprint density at radius 3 is 2.56 bits per heavy atom. The number of piperidine rings is 1. The van der Waals surface area contributed by atoms with E-state index in [0.717, 1.165) is 24.1 Å². The topological polar surface area (TPSA) is 122 Å². The van der Waals surface area contributed by atoms with Crippen molar-refractivity contribution in [1.29, 1.82) is 0 Å². The molecule has 1 aliphatic rings. The summed E-state index contributed by atoms with van der Waals surface area (Å²) in [6.07, 6.45) is 7.09. The number of aromatic nitrogens is 4. The molecular weight excluding hydrogens is 542 g/mol. The molecule has 1 aliphatic heterocycles. The molecule has 2 heterocycles. The fourth-order valence-electron chi connectivity index (χ4n) is 4.62. The van der Waals surface area contributed by atoms with Gasteiger partial charge in [0.2, 0.25) is 17.7 Å². The van der Waals surface area contributed by atoms with Crippen molar-refractivity contribution in [3.8, 4) is 5.69 Å². The van der Waals surface area contributed by atoms with E-state index >= 15 is 0 Å². The molecule has 1 aromatic heterocycles. The second-order valence-corrected chi connectivity index (χ2v) is 10.0. The summed E-state index contributed by atoms with van der Waals surface area (Å²) in [4.78, 5) is 40.4. The number of anilines is 2. The largest absolute Gasteiger partial charge is 0.340 e. The van der Waals surface area contributed by atoms with Crippen molar-refractivity contribution in [3.05, 3.63) is 101 Å². The molecule has 1 saturated heterocycles. The lowest BCUT2D eigenvalue weighted by atomic mass is 10.0. The maximum absolute atomic E-state index is 13.4. The fraction of sp³-hybridized carbons (Fsp3) is 0.200. The van der Waals surface area contributed by atoms with Gasteiger partial charge in [-0.2, -0.15) is 4.68 Å². The van der Waals surface area contributed by atoms with Gasteiger partial charge in [0.05, 0.1) is 5.69 Å². The minimum absolute atomic E-state index is 0.106. The number of tetrazole rings is 1. The number of carbonyl (C=O) groups is 3. The van der Waals surface area contributed by atoms with Crippen molar-refractivity contribution >= 4 is 46.8 Å². The van der Waals surface area contributed by atoms with Gasteiger partial charge in [0, 0.05) is 47.4 Å². The van der Waals surface area contributed by atoms with Gasteiger partial charge in [0.1, 0.15) is 12.4 Å². The Morgan fingerprint density at radius 2 is 1.83 bits per heavy atom. The van der Waals surface area contributed by atoms with Gasteiger partial charge in [-0.05, 0) is 77.4 Å². The molecule has 5 rings (SSSR count). The molecule has 1 fully saturated rings. The van der Waals surface area contributed by atoms with Gasteiger partial charge in [-0.25, -0.2) is 0 Å². The molecule has 0 spiro atoms. The molecule has 3 amide bonds. The molecule has 0 unspecified atom stereocenters. The molecule has 11 heteroatoms. The number of nitrogens with one attached hydrogen (secondary N) is 2. The number of amides is 3. The second-order valence-electron chi connectivity index (χ2n) is 9.58. The monoisotopic (exact) mass is 569 g/mol. The van der Waals surface area contributed by atoms with Crippen LogP contribution in [0.4, 0.5) is 11.4 Å². The Hall–Kier alpha value is -4.83. The highest BCUT2D eigenvalue weighted by Gasteiger charge is 2.22. The van der Waals surface area contributed by atoms with E-state index in [4.69, 9.17) is 11.6 Å². The molecular formula is C30H28ClN7O3. The summed E-state index contributed by atoms with van der Waals surface area (Å²) in [6, 6.07) is 20.9. The molecule has 3 aromatic carbocycles. The van der Waals surface area contributed by atoms with E-state index < -0.39 is 11.9 Å². The lowest BCUT2D eigenvalue weighted by Gasteiger charge is -2.27. The first-order valence-corrected chi connectivity index (χ1v) is 13.6. The smallest absolute Gasteiger partial charge is 0.247 e. The quantitative estimate of drug-likeness (QED) is 0.291. The van der Waals surface area contributed by atoms with Gasteiger partial charge in [-0.15, -0.1) is 5.10 Å². The van der Waals surface area contributed by atoms with E-state index in [0.29, 0.717) is 41.3 Å². The number of benzene rings is 3. The summed E-state index contributed by atoms with van der Waals surface area (Å²) in [5, 5.41) is 17.4. The lowest BCUT2D eigenvalue weighted by molar-refractivity contribution is -0.123. The molecule has 4 aromatic rings. The number of hydrogen-bond acceptors (Lipinski definition) is 6. The zero-order valence-corrected chi connectivity index (χ0v) is 22.9. The highest BCUT2D eigenvalue weighted by Crippen LogP contribution is 2.23. The van der Waals surface area contributed by atoms with E-state index in [2.05, 4.69) is 26.2 Å². The second kappa shape index (κ2) is 13.0. The highest BCUT2D eigenvalue weighted by molar-refractivity contribution is 6.30. The van der Waals surface area contributed by atoms with Crippen LogP contribution >= 0.6 is 11.6 Å². The first-order chi connectivity index (χ1) is 20.0. The molecule has 0 aliphatic carbocycles. The molecule has 208 valence electrons. The van der Waals surface area contributed by atoms with Crippen LogP contribution in [-0.2, 0) is 20.8 Å². The fourth-order valence-corrected chi connectivity index (χ4v) is 4.80. The Bertz CT molecular complexity index is 1540. The summed E-state index contributed by atoms with van der Waals surface area (Å²) < 4.78 is 1.46. The zero-order chi connectivity index (χ0) is 28.6. The van der Waals surface area contributed by atoms with Crippen molar-refractivity contribution in [1.82, 2.24) is 25.5 Å². The Labute approximate surface area is 242 Å². The predicted molar refractivity (Wildman–Crippen MR) is 157 cm³/mol. The van der Waals surface area contributed by atoms with Crippen molar-refractivity contribution in [2.45, 2.75) is 31.7 Å². The Kier molecular flexibility index (Phi) is 8.80. The van der Waals surface area contributed by atoms with Crippen LogP contribution in [0.15, 0.2) is 85.2 Å². The van der Waals surface area contributed by atoms with Crippen LogP contribution in [0.3, 0.4) is 0 Å². The summed E-state index contributed by atoms with van der Waals surface area (Å²) in [5.41, 5.74) is 3.52. The first kappa shape index (κ1) is 27.7. The third-order valence-electron chi connectivity index (χ3n) is 6.69. The third kappa shape index (κ3) is 7.23. The number of rotatable bonds is 9. The van der Waals surface area contributed by atoms with Crippen LogP contribution in [0.25, 0.3) is 11.8 Å². The van der Waals surface area contributed by atoms with Crippen LogP contribution < -0.4 is 15.5 Å². The van der Waals surface area contributed by atoms with Gasteiger partial charge < -0.3 is 15.5 Å². The van der Waals surface area contributed by atoms with Crippen molar-refractivity contribution < 1.29 is 14.4 Å². The average Bonchev–Trinajstić information content (AvgIpc) is 3.52. The lowest BCUT2D eigenvalue weighted by Crippen LogP contribution is -2.44. The molecule has 1 atom stereocenters. The van der Waals surface area contributed by atoms with E-state index in [9.17, 15) is 14.4 Å². The van der Waals surface area contributed by atoms with Gasteiger partial charge in [0.15, 0.2) is 0 Å². The van der Waals surface area contributed by atoms with Crippen molar-refractivity contribution in [2.24, 2.45) is 0 Å². The number of nitrogens with zero attached hydrogens (tertiary/aromatic N) is 5. The third-order valence-corrected chi connectivity index (χ3v) is 6.92. The normalized spacial score (nSPS) is 14.2. The van der Waals surface area contributed by atoms with Crippen LogP contribution in [0.5, 0.6) is 0 Å². The first-order valence-electron chi connectivity index (χ1n) is 13.2. The van der Waals surface area contributed by atoms with E-state index in [1.807, 2.05) is 42.5 Å². The Balaban J connectivity index is 1.30. The van der Waals surface area contributed by atoms with Crippen LogP contribution in [0.1, 0.15) is 30.4 Å². The summed E-state index contributed by atoms with van der Waals surface area (Å²) >= 11 is 6.18. The zero-order valence-electron chi connectivity index (χ0n) is 22.1. The van der Waals surface area contributed by atoms with Gasteiger partial charge in [-0.3, -0.25) is 14.4 Å². The average molecular weight is 570 g/mol. The minimum Gasteiger partial charge on any atom is -0.340 e. The van der Waals surface area contributed by atoms with E-state index in [1.54, 1.807) is 41.3 Å². The summed E-state index contributed by atoms with van der Waals surface area (Å²) in [5.74, 6) is -0.716. The molecule has 0 bridgehead atoms. The molecule has 10 nitrogen and oxygen atoms in total. The van der Waals surface area contributed by atoms with Crippen LogP contribution in [0.2, 0.25) is 5.02 Å². The van der Waals surface area contributed by atoms with Crippen molar-refractivity contribution in [2.75, 3.05) is 16.8 Å². The van der Waals surface area contributed by atoms with E-state index in [-0.39, 0.29) is 11.8 Å². The van der Waals surface area contributed by atoms with Gasteiger partial charge in [0.25, 0.3) is 0 Å². The summed E-state index contributed by atoms with van der Waals surface area (Å²) in [7, 11) is 0. The van der Waals surface area contributed by atoms with Crippen molar-refractivity contribution in [3.63, 3.8) is 0 Å². The molecule has 2 N–H and O–H groups in total. The van der Waals surface area contributed by atoms with Crippen LogP contribution in [0, 0.1) is 0 Å². The molecule has 41 heavy (non-hydrogen) atoms. The number of carbonyl (C=O) groups excluding carboxylic acids is 3. The molecule has 0 radical (unpaired) electrons. The predicted octanol–water partition coefficient (Wildman–Crippen LogP) is 4.21. The van der Waals surface area contributed by atoms with Gasteiger partial charge >= 0.3 is 0 Å². The maximum Gasteiger partial charge on any atom is 0.247 e. The summed E-state index contributed by atoms with van der Waals surface area (Å²) in [6.45, 7) is 0.690. The minimum atomic E-state index is -0.851. The van der Waals surface area contributed by atoms with Gasteiger partial charge in [-0.1, -0.05) is 41.9 Å². The SMILES string of the molecule is O=C(C=Cc1cc(Cl)ccc1-n1cnnn1)N[C@@H](Cc1ccccc1)C(=O)Nc1ccc(N2CCCCC2=O)cc1. The maximum atomic E-state index is 13.4. The number of halogens is 1. The van der Waals surface area contributed by atoms with Crippen LogP contribution in [-0.4, -0.2) is 50.5 Å². The highest BCUT2D eigenvalue weighted by atomic mass is 35.5.